The molecule has 1 aliphatic carbocycles. The second kappa shape index (κ2) is 6.38. The van der Waals surface area contributed by atoms with E-state index in [0.29, 0.717) is 30.2 Å². The number of halogens is 1. The summed E-state index contributed by atoms with van der Waals surface area (Å²) in [4.78, 5) is 28.7. The maximum Gasteiger partial charge on any atom is 0.274 e. The molecule has 140 valence electrons. The molecule has 1 fully saturated rings. The molecule has 1 saturated carbocycles. The molecule has 1 aliphatic rings. The number of fused-ring (bicyclic) bond motifs is 1. The Labute approximate surface area is 153 Å². The average molecular weight is 371 g/mol. The third kappa shape index (κ3) is 2.88. The van der Waals surface area contributed by atoms with Crippen LogP contribution in [0.1, 0.15) is 29.2 Å². The minimum absolute atomic E-state index is 0.131. The van der Waals surface area contributed by atoms with Gasteiger partial charge in [-0.25, -0.2) is 9.37 Å². The maximum atomic E-state index is 13.1. The van der Waals surface area contributed by atoms with Crippen molar-refractivity contribution in [1.29, 1.82) is 0 Å². The van der Waals surface area contributed by atoms with E-state index in [1.165, 1.54) is 15.3 Å². The van der Waals surface area contributed by atoms with Crippen molar-refractivity contribution in [2.75, 3.05) is 17.7 Å². The molecule has 27 heavy (non-hydrogen) atoms. The van der Waals surface area contributed by atoms with Crippen LogP contribution < -0.4 is 21.9 Å². The Morgan fingerprint density at radius 3 is 2.85 bits per heavy atom. The number of carbonyl (C=O) groups is 1. The normalized spacial score (nSPS) is 18.9. The van der Waals surface area contributed by atoms with Crippen LogP contribution in [0, 0.1) is 0 Å². The number of rotatable bonds is 5. The summed E-state index contributed by atoms with van der Waals surface area (Å²) in [6, 6.07) is 4.87. The first-order valence-corrected chi connectivity index (χ1v) is 8.46. The Balaban J connectivity index is 1.73. The first-order chi connectivity index (χ1) is 13.0. The fourth-order valence-electron chi connectivity index (χ4n) is 3.16. The summed E-state index contributed by atoms with van der Waals surface area (Å²) in [5.74, 6) is 0.261. The van der Waals surface area contributed by atoms with E-state index in [9.17, 15) is 14.0 Å². The van der Waals surface area contributed by atoms with Gasteiger partial charge in [0.25, 0.3) is 11.5 Å². The van der Waals surface area contributed by atoms with Gasteiger partial charge in [-0.05, 0) is 25.0 Å². The smallest absolute Gasteiger partial charge is 0.274 e. The number of carbonyl (C=O) groups excluding carboxylic acids is 1. The zero-order valence-corrected chi connectivity index (χ0v) is 14.5. The summed E-state index contributed by atoms with van der Waals surface area (Å²) >= 11 is 0. The highest BCUT2D eigenvalue weighted by molar-refractivity contribution is 5.98. The number of amides is 1. The van der Waals surface area contributed by atoms with Gasteiger partial charge in [0.15, 0.2) is 5.65 Å². The Hall–Kier alpha value is -3.43. The number of anilines is 3. The summed E-state index contributed by atoms with van der Waals surface area (Å²) in [5.41, 5.74) is 5.86. The van der Waals surface area contributed by atoms with Crippen molar-refractivity contribution >= 4 is 28.9 Å². The van der Waals surface area contributed by atoms with E-state index >= 15 is 0 Å². The van der Waals surface area contributed by atoms with Crippen molar-refractivity contribution in [3.05, 3.63) is 46.5 Å². The largest absolute Gasteiger partial charge is 0.373 e. The molecule has 4 rings (SSSR count). The number of nitrogens with zero attached hydrogens (tertiary/aromatic N) is 4. The molecule has 4 N–H and O–H groups in total. The highest BCUT2D eigenvalue weighted by atomic mass is 19.1. The fraction of sp³-hybridized carbons (Fsp3) is 0.294. The van der Waals surface area contributed by atoms with E-state index in [2.05, 4.69) is 20.7 Å². The summed E-state index contributed by atoms with van der Waals surface area (Å²) in [5, 5.41) is 10.0. The number of aromatic nitrogens is 4. The van der Waals surface area contributed by atoms with Gasteiger partial charge in [-0.15, -0.1) is 0 Å². The quantitative estimate of drug-likeness (QED) is 0.624. The van der Waals surface area contributed by atoms with Crippen LogP contribution in [0.5, 0.6) is 0 Å². The second-order valence-electron chi connectivity index (χ2n) is 6.42. The highest BCUT2D eigenvalue weighted by Gasteiger charge is 2.31. The zero-order valence-electron chi connectivity index (χ0n) is 14.5. The summed E-state index contributed by atoms with van der Waals surface area (Å²) in [7, 11) is 1.70. The molecular formula is C17H18FN7O2. The molecular weight excluding hydrogens is 353 g/mol. The van der Waals surface area contributed by atoms with Crippen LogP contribution in [0.3, 0.4) is 0 Å². The monoisotopic (exact) mass is 371 g/mol. The Morgan fingerprint density at radius 2 is 2.19 bits per heavy atom. The van der Waals surface area contributed by atoms with Crippen molar-refractivity contribution in [2.45, 2.75) is 25.1 Å². The lowest BCUT2D eigenvalue weighted by Gasteiger charge is -2.31. The van der Waals surface area contributed by atoms with E-state index in [1.54, 1.807) is 31.4 Å². The zero-order chi connectivity index (χ0) is 19.1. The van der Waals surface area contributed by atoms with Gasteiger partial charge in [0.2, 0.25) is 0 Å². The number of nitrogens with two attached hydrogens (primary N) is 1. The third-order valence-electron chi connectivity index (χ3n) is 4.68. The lowest BCUT2D eigenvalue weighted by molar-refractivity contribution is 0.100. The topological polar surface area (TPSA) is 119 Å². The summed E-state index contributed by atoms with van der Waals surface area (Å²) < 4.78 is 16.1. The highest BCUT2D eigenvalue weighted by Crippen LogP contribution is 2.33. The van der Waals surface area contributed by atoms with E-state index in [0.717, 1.165) is 0 Å². The minimum Gasteiger partial charge on any atom is -0.373 e. The van der Waals surface area contributed by atoms with Gasteiger partial charge >= 0.3 is 0 Å². The van der Waals surface area contributed by atoms with Crippen LogP contribution >= 0.6 is 0 Å². The molecule has 0 aromatic carbocycles. The average Bonchev–Trinajstić information content (AvgIpc) is 3.04. The summed E-state index contributed by atoms with van der Waals surface area (Å²) in [6.45, 7) is 0. The fourth-order valence-corrected chi connectivity index (χ4v) is 3.16. The van der Waals surface area contributed by atoms with E-state index in [1.807, 2.05) is 0 Å². The molecule has 0 unspecified atom stereocenters. The molecule has 0 radical (unpaired) electrons. The van der Waals surface area contributed by atoms with Crippen LogP contribution in [0.4, 0.5) is 21.7 Å². The van der Waals surface area contributed by atoms with E-state index in [-0.39, 0.29) is 22.8 Å². The van der Waals surface area contributed by atoms with Crippen LogP contribution in [0.2, 0.25) is 0 Å². The molecule has 0 saturated heterocycles. The molecule has 0 atom stereocenters. The predicted molar refractivity (Wildman–Crippen MR) is 98.2 cm³/mol. The Kier molecular flexibility index (Phi) is 4.02. The summed E-state index contributed by atoms with van der Waals surface area (Å²) in [6.07, 6.45) is 2.83. The number of pyridine rings is 1. The van der Waals surface area contributed by atoms with Crippen LogP contribution in [0.25, 0.3) is 5.65 Å². The van der Waals surface area contributed by atoms with Crippen molar-refractivity contribution in [3.8, 4) is 0 Å². The van der Waals surface area contributed by atoms with Crippen molar-refractivity contribution in [1.82, 2.24) is 19.2 Å². The maximum absolute atomic E-state index is 13.1. The van der Waals surface area contributed by atoms with E-state index < -0.39 is 12.1 Å². The number of alkyl halides is 1. The molecule has 9 nitrogen and oxygen atoms in total. The number of primary amides is 1. The molecule has 0 spiro atoms. The first kappa shape index (κ1) is 17.0. The van der Waals surface area contributed by atoms with Crippen molar-refractivity contribution < 1.29 is 9.18 Å². The third-order valence-corrected chi connectivity index (χ3v) is 4.68. The molecule has 0 aliphatic heterocycles. The SMILES string of the molecule is CNc1cc(Nc2cccn(C3CC(F)C3)c2=O)nc2c(C(N)=O)cnn12. The van der Waals surface area contributed by atoms with Gasteiger partial charge in [-0.3, -0.25) is 9.59 Å². The van der Waals surface area contributed by atoms with Gasteiger partial charge in [-0.1, -0.05) is 0 Å². The first-order valence-electron chi connectivity index (χ1n) is 8.46. The molecule has 3 heterocycles. The number of nitrogens with one attached hydrogen (secondary N) is 2. The molecule has 3 aromatic heterocycles. The van der Waals surface area contributed by atoms with Gasteiger partial charge in [-0.2, -0.15) is 9.61 Å². The van der Waals surface area contributed by atoms with Crippen LogP contribution in [0.15, 0.2) is 35.4 Å². The lowest BCUT2D eigenvalue weighted by Crippen LogP contribution is -2.35. The molecule has 10 heteroatoms. The molecule has 0 bridgehead atoms. The van der Waals surface area contributed by atoms with Crippen molar-refractivity contribution in [2.24, 2.45) is 5.73 Å². The molecule has 1 amide bonds. The van der Waals surface area contributed by atoms with E-state index in [4.69, 9.17) is 5.73 Å². The minimum atomic E-state index is -0.852. The van der Waals surface area contributed by atoms with Gasteiger partial charge in [0.05, 0.1) is 6.20 Å². The van der Waals surface area contributed by atoms with Gasteiger partial charge < -0.3 is 20.9 Å². The number of hydrogen-bond acceptors (Lipinski definition) is 6. The standard InChI is InChI=1S/C17H18FN7O2/c1-20-14-7-13(23-16-11(15(19)26)8-21-25(14)16)22-12-3-2-4-24(17(12)27)10-5-9(18)6-10/h2-4,7-10,20H,5-6H2,1H3,(H2,19,26)(H,22,23). The molecule has 3 aromatic rings. The van der Waals surface area contributed by atoms with Crippen molar-refractivity contribution in [3.63, 3.8) is 0 Å². The lowest BCUT2D eigenvalue weighted by atomic mass is 9.90. The van der Waals surface area contributed by atoms with Crippen LogP contribution in [-0.2, 0) is 0 Å². The van der Waals surface area contributed by atoms with Gasteiger partial charge in [0, 0.05) is 25.4 Å². The second-order valence-corrected chi connectivity index (χ2v) is 6.42. The number of hydrogen-bond donors (Lipinski definition) is 3. The Morgan fingerprint density at radius 1 is 1.41 bits per heavy atom. The predicted octanol–water partition coefficient (Wildman–Crippen LogP) is 1.45. The van der Waals surface area contributed by atoms with Gasteiger partial charge in [0.1, 0.15) is 29.1 Å². The Bertz CT molecular complexity index is 1080. The van der Waals surface area contributed by atoms with Crippen LogP contribution in [-0.4, -0.2) is 38.3 Å².